The van der Waals surface area contributed by atoms with Crippen LogP contribution in [0.15, 0.2) is 12.3 Å². The Balaban J connectivity index is 2.44. The second kappa shape index (κ2) is 3.85. The second-order valence-corrected chi connectivity index (χ2v) is 4.41. The number of thiophene rings is 1. The zero-order chi connectivity index (χ0) is 10.1. The van der Waals surface area contributed by atoms with Crippen molar-refractivity contribution in [3.05, 3.63) is 17.1 Å². The van der Waals surface area contributed by atoms with E-state index in [0.29, 0.717) is 4.88 Å². The molecule has 0 spiro atoms. The average molecular weight is 322 g/mol. The third-order valence-electron chi connectivity index (χ3n) is 1.75. The largest absolute Gasteiger partial charge is 0.465 e. The van der Waals surface area contributed by atoms with Crippen LogP contribution in [0.25, 0.3) is 10.2 Å². The van der Waals surface area contributed by atoms with Crippen molar-refractivity contribution in [2.24, 2.45) is 0 Å². The molecule has 0 N–H and O–H groups in total. The lowest BCUT2D eigenvalue weighted by Crippen LogP contribution is -1.97. The van der Waals surface area contributed by atoms with Gasteiger partial charge in [0, 0.05) is 6.20 Å². The van der Waals surface area contributed by atoms with Crippen LogP contribution in [0, 0.1) is 0 Å². The van der Waals surface area contributed by atoms with E-state index in [1.54, 1.807) is 6.07 Å². The van der Waals surface area contributed by atoms with Crippen LogP contribution < -0.4 is 0 Å². The van der Waals surface area contributed by atoms with E-state index in [1.807, 2.05) is 10.9 Å². The molecule has 0 atom stereocenters. The van der Waals surface area contributed by atoms with E-state index in [-0.39, 0.29) is 5.97 Å². The Hall–Kier alpha value is -0.630. The highest BCUT2D eigenvalue weighted by atomic mass is 127. The number of carbonyl (C=O) groups excluding carboxylic acids is 1. The number of carbonyl (C=O) groups is 1. The maximum absolute atomic E-state index is 11.2. The molecule has 74 valence electrons. The molecule has 0 saturated heterocycles. The van der Waals surface area contributed by atoms with Gasteiger partial charge >= 0.3 is 5.97 Å². The fourth-order valence-electron chi connectivity index (χ4n) is 1.13. The summed E-state index contributed by atoms with van der Waals surface area (Å²) >= 11 is 3.63. The minimum atomic E-state index is -0.297. The molecule has 6 heteroatoms. The summed E-state index contributed by atoms with van der Waals surface area (Å²) in [5, 5.41) is 4.28. The minimum absolute atomic E-state index is 0.297. The summed E-state index contributed by atoms with van der Waals surface area (Å²) in [6.45, 7) is 0. The van der Waals surface area contributed by atoms with Gasteiger partial charge in [0.15, 0.2) is 0 Å². The van der Waals surface area contributed by atoms with Gasteiger partial charge in [0.1, 0.15) is 10.4 Å². The van der Waals surface area contributed by atoms with E-state index in [1.165, 1.54) is 18.4 Å². The molecule has 0 saturated carbocycles. The van der Waals surface area contributed by atoms with Gasteiger partial charge in [-0.15, -0.1) is 11.3 Å². The van der Waals surface area contributed by atoms with Crippen molar-refractivity contribution in [3.8, 4) is 0 Å². The first-order chi connectivity index (χ1) is 6.74. The van der Waals surface area contributed by atoms with Gasteiger partial charge in [0.25, 0.3) is 0 Å². The van der Waals surface area contributed by atoms with Gasteiger partial charge in [-0.05, 0) is 6.07 Å². The van der Waals surface area contributed by atoms with Crippen molar-refractivity contribution in [2.75, 3.05) is 7.11 Å². The van der Waals surface area contributed by atoms with Crippen LogP contribution in [0.2, 0.25) is 0 Å². The monoisotopic (exact) mass is 322 g/mol. The van der Waals surface area contributed by atoms with Gasteiger partial charge in [-0.25, -0.2) is 4.79 Å². The molecule has 0 aliphatic carbocycles. The quantitative estimate of drug-likeness (QED) is 0.484. The fraction of sp³-hybridized carbons (Fsp3) is 0.250. The number of aromatic nitrogens is 2. The number of fused-ring (bicyclic) bond motifs is 1. The molecule has 0 amide bonds. The molecule has 0 bridgehead atoms. The summed E-state index contributed by atoms with van der Waals surface area (Å²) in [5.41, 5.74) is 0.854. The standard InChI is InChI=1S/C8H7IN2O2S/c1-13-8(12)6-2-5-7(14-6)3-11(4-9)10-5/h2-3H,4H2,1H3. The van der Waals surface area contributed by atoms with Gasteiger partial charge in [-0.2, -0.15) is 5.10 Å². The van der Waals surface area contributed by atoms with Gasteiger partial charge in [-0.3, -0.25) is 4.68 Å². The van der Waals surface area contributed by atoms with Gasteiger partial charge in [-0.1, -0.05) is 22.6 Å². The Morgan fingerprint density at radius 1 is 1.79 bits per heavy atom. The molecule has 2 aromatic rings. The van der Waals surface area contributed by atoms with Crippen LogP contribution in [0.4, 0.5) is 0 Å². The van der Waals surface area contributed by atoms with Crippen molar-refractivity contribution < 1.29 is 9.53 Å². The van der Waals surface area contributed by atoms with E-state index in [2.05, 4.69) is 32.4 Å². The maximum atomic E-state index is 11.2. The average Bonchev–Trinajstić information content (AvgIpc) is 2.72. The highest BCUT2D eigenvalue weighted by Crippen LogP contribution is 2.25. The Morgan fingerprint density at radius 2 is 2.57 bits per heavy atom. The number of hydrogen-bond acceptors (Lipinski definition) is 4. The van der Waals surface area contributed by atoms with E-state index < -0.39 is 0 Å². The summed E-state index contributed by atoms with van der Waals surface area (Å²) in [6.07, 6.45) is 1.93. The number of esters is 1. The maximum Gasteiger partial charge on any atom is 0.348 e. The number of hydrogen-bond donors (Lipinski definition) is 0. The van der Waals surface area contributed by atoms with Crippen LogP contribution in [0.3, 0.4) is 0 Å². The highest BCUT2D eigenvalue weighted by molar-refractivity contribution is 14.1. The van der Waals surface area contributed by atoms with Crippen molar-refractivity contribution in [3.63, 3.8) is 0 Å². The van der Waals surface area contributed by atoms with Crippen molar-refractivity contribution in [2.45, 2.75) is 4.55 Å². The Labute approximate surface area is 98.0 Å². The van der Waals surface area contributed by atoms with Gasteiger partial charge in [0.05, 0.1) is 16.4 Å². The normalized spacial score (nSPS) is 10.7. The zero-order valence-corrected chi connectivity index (χ0v) is 10.3. The molecule has 0 aromatic carbocycles. The predicted molar refractivity (Wildman–Crippen MR) is 63.0 cm³/mol. The molecular formula is C8H7IN2O2S. The first-order valence-corrected chi connectivity index (χ1v) is 6.20. The molecular weight excluding hydrogens is 315 g/mol. The van der Waals surface area contributed by atoms with E-state index in [0.717, 1.165) is 14.8 Å². The number of rotatable bonds is 2. The molecule has 2 rings (SSSR count). The SMILES string of the molecule is COC(=O)c1cc2nn(CI)cc2s1. The summed E-state index contributed by atoms with van der Waals surface area (Å²) in [4.78, 5) is 11.8. The molecule has 0 aliphatic heterocycles. The van der Waals surface area contributed by atoms with Crippen LogP contribution in [0.1, 0.15) is 9.67 Å². The Kier molecular flexibility index (Phi) is 2.73. The van der Waals surface area contributed by atoms with E-state index >= 15 is 0 Å². The Morgan fingerprint density at radius 3 is 3.14 bits per heavy atom. The molecule has 0 aliphatic rings. The second-order valence-electron chi connectivity index (χ2n) is 2.64. The van der Waals surface area contributed by atoms with Crippen LogP contribution >= 0.6 is 33.9 Å². The first kappa shape index (κ1) is 9.91. The lowest BCUT2D eigenvalue weighted by molar-refractivity contribution is 0.0606. The van der Waals surface area contributed by atoms with Crippen molar-refractivity contribution in [1.29, 1.82) is 0 Å². The number of halogens is 1. The number of nitrogens with zero attached hydrogens (tertiary/aromatic N) is 2. The van der Waals surface area contributed by atoms with E-state index in [4.69, 9.17) is 0 Å². The van der Waals surface area contributed by atoms with Crippen LogP contribution in [0.5, 0.6) is 0 Å². The summed E-state index contributed by atoms with van der Waals surface area (Å²) in [5.74, 6) is -0.297. The van der Waals surface area contributed by atoms with Crippen LogP contribution in [-0.2, 0) is 9.29 Å². The molecule has 2 heterocycles. The summed E-state index contributed by atoms with van der Waals surface area (Å²) in [6, 6.07) is 1.76. The van der Waals surface area contributed by atoms with Gasteiger partial charge in [0.2, 0.25) is 0 Å². The predicted octanol–water partition coefficient (Wildman–Crippen LogP) is 2.28. The molecule has 4 nitrogen and oxygen atoms in total. The minimum Gasteiger partial charge on any atom is -0.465 e. The lowest BCUT2D eigenvalue weighted by atomic mass is 10.4. The third kappa shape index (κ3) is 1.63. The van der Waals surface area contributed by atoms with Crippen LogP contribution in [-0.4, -0.2) is 22.9 Å². The summed E-state index contributed by atoms with van der Waals surface area (Å²) in [7, 11) is 1.38. The number of ether oxygens (including phenoxy) is 1. The number of alkyl halides is 1. The summed E-state index contributed by atoms with van der Waals surface area (Å²) < 4.78 is 8.29. The molecule has 0 fully saturated rings. The topological polar surface area (TPSA) is 44.1 Å². The fourth-order valence-corrected chi connectivity index (χ4v) is 2.43. The first-order valence-electron chi connectivity index (χ1n) is 3.86. The molecule has 2 aromatic heterocycles. The molecule has 0 radical (unpaired) electrons. The third-order valence-corrected chi connectivity index (χ3v) is 3.49. The lowest BCUT2D eigenvalue weighted by Gasteiger charge is -1.92. The van der Waals surface area contributed by atoms with Gasteiger partial charge < -0.3 is 4.74 Å². The zero-order valence-electron chi connectivity index (χ0n) is 7.36. The smallest absolute Gasteiger partial charge is 0.348 e. The molecule has 0 unspecified atom stereocenters. The molecule has 14 heavy (non-hydrogen) atoms. The number of methoxy groups -OCH3 is 1. The highest BCUT2D eigenvalue weighted by Gasteiger charge is 2.12. The van der Waals surface area contributed by atoms with Crippen molar-refractivity contribution in [1.82, 2.24) is 9.78 Å². The Bertz CT molecular complexity index is 445. The van der Waals surface area contributed by atoms with E-state index in [9.17, 15) is 4.79 Å². The van der Waals surface area contributed by atoms with Crippen molar-refractivity contribution >= 4 is 50.1 Å².